The van der Waals surface area contributed by atoms with Crippen molar-refractivity contribution in [3.63, 3.8) is 0 Å². The molecule has 0 aliphatic heterocycles. The zero-order valence-electron chi connectivity index (χ0n) is 11.2. The van der Waals surface area contributed by atoms with Crippen LogP contribution in [0.2, 0.25) is 0 Å². The summed E-state index contributed by atoms with van der Waals surface area (Å²) in [5.74, 6) is 5.32. The number of benzene rings is 1. The van der Waals surface area contributed by atoms with Crippen molar-refractivity contribution in [3.8, 4) is 6.07 Å². The van der Waals surface area contributed by atoms with Crippen LogP contribution in [0.3, 0.4) is 0 Å². The summed E-state index contributed by atoms with van der Waals surface area (Å²) in [6, 6.07) is 6.55. The van der Waals surface area contributed by atoms with Gasteiger partial charge in [0.15, 0.2) is 0 Å². The highest BCUT2D eigenvalue weighted by Crippen LogP contribution is 2.26. The number of nitro benzene ring substituents is 1. The highest BCUT2D eigenvalue weighted by Gasteiger charge is 2.14. The number of anilines is 2. The quantitative estimate of drug-likeness (QED) is 0.417. The summed E-state index contributed by atoms with van der Waals surface area (Å²) in [7, 11) is 1.57. The molecule has 0 spiro atoms. The third-order valence-electron chi connectivity index (χ3n) is 2.70. The molecule has 20 heavy (non-hydrogen) atoms. The standard InChI is InChI=1S/C12H17N5O3/c1-20-6-5-16(4-2-3-13)11-7-10(15-14)8-12(9-11)17(18)19/h7-9,15H,2,4-6,14H2,1H3. The Bertz CT molecular complexity index is 500. The van der Waals surface area contributed by atoms with Crippen molar-refractivity contribution in [1.29, 1.82) is 5.26 Å². The van der Waals surface area contributed by atoms with Crippen molar-refractivity contribution in [3.05, 3.63) is 28.3 Å². The molecule has 8 heteroatoms. The fourth-order valence-electron chi connectivity index (χ4n) is 1.72. The van der Waals surface area contributed by atoms with E-state index in [0.717, 1.165) is 0 Å². The van der Waals surface area contributed by atoms with E-state index < -0.39 is 4.92 Å². The van der Waals surface area contributed by atoms with Crippen molar-refractivity contribution < 1.29 is 9.66 Å². The predicted octanol–water partition coefficient (Wildman–Crippen LogP) is 1.25. The maximum atomic E-state index is 10.9. The number of hydrogen-bond donors (Lipinski definition) is 2. The molecule has 3 N–H and O–H groups in total. The first-order valence-electron chi connectivity index (χ1n) is 5.99. The van der Waals surface area contributed by atoms with Gasteiger partial charge in [-0.1, -0.05) is 0 Å². The minimum atomic E-state index is -0.483. The number of nitrogens with one attached hydrogen (secondary N) is 1. The lowest BCUT2D eigenvalue weighted by atomic mass is 10.2. The van der Waals surface area contributed by atoms with Crippen LogP contribution in [0, 0.1) is 21.4 Å². The molecule has 0 bridgehead atoms. The molecule has 0 atom stereocenters. The van der Waals surface area contributed by atoms with Crippen LogP contribution in [0.5, 0.6) is 0 Å². The lowest BCUT2D eigenvalue weighted by molar-refractivity contribution is -0.384. The Morgan fingerprint density at radius 1 is 1.50 bits per heavy atom. The normalized spacial score (nSPS) is 9.85. The third kappa shape index (κ3) is 4.38. The summed E-state index contributed by atoms with van der Waals surface area (Å²) in [4.78, 5) is 12.3. The van der Waals surface area contributed by atoms with E-state index >= 15 is 0 Å². The van der Waals surface area contributed by atoms with Gasteiger partial charge >= 0.3 is 0 Å². The minimum absolute atomic E-state index is 0.0603. The van der Waals surface area contributed by atoms with E-state index in [4.69, 9.17) is 15.8 Å². The molecule has 1 aromatic carbocycles. The third-order valence-corrected chi connectivity index (χ3v) is 2.70. The summed E-state index contributed by atoms with van der Waals surface area (Å²) in [6.45, 7) is 1.45. The van der Waals surface area contributed by atoms with Crippen LogP contribution in [0.1, 0.15) is 6.42 Å². The molecule has 1 aromatic rings. The summed E-state index contributed by atoms with van der Waals surface area (Å²) >= 11 is 0. The van der Waals surface area contributed by atoms with Crippen molar-refractivity contribution >= 4 is 17.1 Å². The number of nitro groups is 1. The second-order valence-corrected chi connectivity index (χ2v) is 4.03. The number of hydrogen-bond acceptors (Lipinski definition) is 7. The zero-order valence-corrected chi connectivity index (χ0v) is 11.2. The molecule has 0 unspecified atom stereocenters. The molecule has 0 amide bonds. The summed E-state index contributed by atoms with van der Waals surface area (Å²) < 4.78 is 5.01. The molecular weight excluding hydrogens is 262 g/mol. The fraction of sp³-hybridized carbons (Fsp3) is 0.417. The van der Waals surface area contributed by atoms with E-state index in [1.54, 1.807) is 13.2 Å². The van der Waals surface area contributed by atoms with Gasteiger partial charge in [-0.25, -0.2) is 0 Å². The summed E-state index contributed by atoms with van der Waals surface area (Å²) in [5.41, 5.74) is 3.40. The number of hydrazine groups is 1. The monoisotopic (exact) mass is 279 g/mol. The predicted molar refractivity (Wildman–Crippen MR) is 75.2 cm³/mol. The first-order valence-corrected chi connectivity index (χ1v) is 5.99. The Morgan fingerprint density at radius 3 is 2.80 bits per heavy atom. The Kier molecular flexibility index (Phi) is 6.22. The van der Waals surface area contributed by atoms with Gasteiger partial charge < -0.3 is 15.1 Å². The van der Waals surface area contributed by atoms with Crippen molar-refractivity contribution in [1.82, 2.24) is 0 Å². The maximum Gasteiger partial charge on any atom is 0.273 e. The second kappa shape index (κ2) is 7.93. The van der Waals surface area contributed by atoms with Gasteiger partial charge in [0.05, 0.1) is 29.7 Å². The number of nitrogens with zero attached hydrogens (tertiary/aromatic N) is 3. The molecule has 0 saturated heterocycles. The van der Waals surface area contributed by atoms with Crippen molar-refractivity contribution in [2.75, 3.05) is 37.1 Å². The van der Waals surface area contributed by atoms with Crippen LogP contribution in [0.15, 0.2) is 18.2 Å². The average Bonchev–Trinajstić information content (AvgIpc) is 2.46. The fourth-order valence-corrected chi connectivity index (χ4v) is 1.72. The Morgan fingerprint density at radius 2 is 2.25 bits per heavy atom. The van der Waals surface area contributed by atoms with Crippen LogP contribution >= 0.6 is 0 Å². The molecule has 108 valence electrons. The van der Waals surface area contributed by atoms with E-state index in [1.165, 1.54) is 12.1 Å². The van der Waals surface area contributed by atoms with Crippen LogP contribution in [0.25, 0.3) is 0 Å². The molecule has 1 rings (SSSR count). The Hall–Kier alpha value is -2.37. The van der Waals surface area contributed by atoms with Crippen LogP contribution in [0.4, 0.5) is 17.1 Å². The van der Waals surface area contributed by atoms with Crippen LogP contribution in [-0.4, -0.2) is 31.7 Å². The maximum absolute atomic E-state index is 10.9. The molecule has 0 aliphatic carbocycles. The number of methoxy groups -OCH3 is 1. The SMILES string of the molecule is COCCN(CCC#N)c1cc(NN)cc([N+](=O)[O-])c1. The van der Waals surface area contributed by atoms with Gasteiger partial charge in [-0.05, 0) is 6.07 Å². The first kappa shape index (κ1) is 15.7. The molecule has 8 nitrogen and oxygen atoms in total. The number of ether oxygens (including phenoxy) is 1. The van der Waals surface area contributed by atoms with Crippen molar-refractivity contribution in [2.45, 2.75) is 6.42 Å². The van der Waals surface area contributed by atoms with Gasteiger partial charge in [0, 0.05) is 38.0 Å². The van der Waals surface area contributed by atoms with Gasteiger partial charge in [0.2, 0.25) is 0 Å². The smallest absolute Gasteiger partial charge is 0.273 e. The molecule has 0 fully saturated rings. The van der Waals surface area contributed by atoms with Gasteiger partial charge in [-0.3, -0.25) is 16.0 Å². The lowest BCUT2D eigenvalue weighted by Crippen LogP contribution is -2.28. The van der Waals surface area contributed by atoms with Gasteiger partial charge in [-0.15, -0.1) is 0 Å². The van der Waals surface area contributed by atoms with E-state index in [0.29, 0.717) is 37.5 Å². The molecule has 0 saturated carbocycles. The number of nitrogens with two attached hydrogens (primary N) is 1. The summed E-state index contributed by atoms with van der Waals surface area (Å²) in [5, 5.41) is 19.6. The average molecular weight is 279 g/mol. The van der Waals surface area contributed by atoms with E-state index in [2.05, 4.69) is 11.5 Å². The zero-order chi connectivity index (χ0) is 15.0. The molecule has 0 radical (unpaired) electrons. The molecular formula is C12H17N5O3. The molecule has 0 heterocycles. The van der Waals surface area contributed by atoms with Crippen molar-refractivity contribution in [2.24, 2.45) is 5.84 Å². The van der Waals surface area contributed by atoms with Gasteiger partial charge in [-0.2, -0.15) is 5.26 Å². The number of nitriles is 1. The van der Waals surface area contributed by atoms with Crippen LogP contribution in [-0.2, 0) is 4.74 Å². The second-order valence-electron chi connectivity index (χ2n) is 4.03. The molecule has 0 aromatic heterocycles. The summed E-state index contributed by atoms with van der Waals surface area (Å²) in [6.07, 6.45) is 0.317. The van der Waals surface area contributed by atoms with E-state index in [-0.39, 0.29) is 5.69 Å². The highest BCUT2D eigenvalue weighted by molar-refractivity contribution is 5.64. The first-order chi connectivity index (χ1) is 9.62. The number of rotatable bonds is 8. The van der Waals surface area contributed by atoms with Crippen LogP contribution < -0.4 is 16.2 Å². The van der Waals surface area contributed by atoms with E-state index in [9.17, 15) is 10.1 Å². The Balaban J connectivity index is 3.06. The topological polar surface area (TPSA) is 117 Å². The molecule has 0 aliphatic rings. The number of nitrogen functional groups attached to an aromatic ring is 1. The lowest BCUT2D eigenvalue weighted by Gasteiger charge is -2.23. The highest BCUT2D eigenvalue weighted by atomic mass is 16.6. The Labute approximate surface area is 116 Å². The minimum Gasteiger partial charge on any atom is -0.383 e. The largest absolute Gasteiger partial charge is 0.383 e. The van der Waals surface area contributed by atoms with Gasteiger partial charge in [0.1, 0.15) is 0 Å². The van der Waals surface area contributed by atoms with E-state index in [1.807, 2.05) is 4.90 Å². The van der Waals surface area contributed by atoms with Gasteiger partial charge in [0.25, 0.3) is 5.69 Å². The number of non-ortho nitro benzene ring substituents is 1.